The highest BCUT2D eigenvalue weighted by Crippen LogP contribution is 2.21. The maximum absolute atomic E-state index is 11.9. The molecule has 0 saturated heterocycles. The van der Waals surface area contributed by atoms with Crippen LogP contribution in [0.5, 0.6) is 0 Å². The van der Waals surface area contributed by atoms with E-state index in [0.717, 1.165) is 34.7 Å². The van der Waals surface area contributed by atoms with E-state index in [1.165, 1.54) is 0 Å². The van der Waals surface area contributed by atoms with Gasteiger partial charge in [0.15, 0.2) is 0 Å². The minimum absolute atomic E-state index is 0.0735. The number of hydrogen-bond acceptors (Lipinski definition) is 5. The summed E-state index contributed by atoms with van der Waals surface area (Å²) in [6, 6.07) is 10.6. The highest BCUT2D eigenvalue weighted by molar-refractivity contribution is 7.09. The molecule has 30 heavy (non-hydrogen) atoms. The summed E-state index contributed by atoms with van der Waals surface area (Å²) in [4.78, 5) is 32.3. The van der Waals surface area contributed by atoms with Gasteiger partial charge in [-0.25, -0.2) is 9.78 Å². The molecule has 0 fully saturated rings. The molecule has 2 aromatic heterocycles. The highest BCUT2D eigenvalue weighted by Gasteiger charge is 2.07. The van der Waals surface area contributed by atoms with Crippen LogP contribution in [-0.4, -0.2) is 35.0 Å². The summed E-state index contributed by atoms with van der Waals surface area (Å²) in [7, 11) is 0. The van der Waals surface area contributed by atoms with Crippen molar-refractivity contribution < 1.29 is 9.59 Å². The highest BCUT2D eigenvalue weighted by atomic mass is 35.5. The average molecular weight is 444 g/mol. The number of halogens is 1. The van der Waals surface area contributed by atoms with E-state index < -0.39 is 6.03 Å². The fourth-order valence-corrected chi connectivity index (χ4v) is 3.59. The Hall–Kier alpha value is -2.97. The third kappa shape index (κ3) is 7.13. The molecular weight excluding hydrogens is 422 g/mol. The quantitative estimate of drug-likeness (QED) is 0.441. The summed E-state index contributed by atoms with van der Waals surface area (Å²) in [5.74, 6) is -0.228. The number of benzene rings is 1. The smallest absolute Gasteiger partial charge is 0.315 e. The maximum atomic E-state index is 11.9. The molecule has 0 atom stereocenters. The van der Waals surface area contributed by atoms with E-state index in [1.807, 2.05) is 29.6 Å². The van der Waals surface area contributed by atoms with E-state index in [-0.39, 0.29) is 12.5 Å². The molecule has 0 aliphatic heterocycles. The van der Waals surface area contributed by atoms with Crippen molar-refractivity contribution in [3.63, 3.8) is 0 Å². The Morgan fingerprint density at radius 2 is 1.77 bits per heavy atom. The first-order valence-electron chi connectivity index (χ1n) is 9.48. The number of aromatic nitrogens is 2. The molecule has 3 rings (SSSR count). The number of urea groups is 1. The van der Waals surface area contributed by atoms with Gasteiger partial charge >= 0.3 is 6.03 Å². The van der Waals surface area contributed by atoms with Gasteiger partial charge in [0, 0.05) is 47.9 Å². The number of nitrogens with one attached hydrogen (secondary N) is 3. The van der Waals surface area contributed by atoms with E-state index in [2.05, 4.69) is 25.9 Å². The van der Waals surface area contributed by atoms with Gasteiger partial charge < -0.3 is 16.0 Å². The van der Waals surface area contributed by atoms with Crippen LogP contribution in [0.25, 0.3) is 11.3 Å². The molecule has 0 aliphatic carbocycles. The first-order chi connectivity index (χ1) is 14.6. The van der Waals surface area contributed by atoms with Gasteiger partial charge in [-0.05, 0) is 36.2 Å². The van der Waals surface area contributed by atoms with Gasteiger partial charge in [0.2, 0.25) is 5.91 Å². The van der Waals surface area contributed by atoms with E-state index >= 15 is 0 Å². The van der Waals surface area contributed by atoms with Crippen LogP contribution >= 0.6 is 22.9 Å². The van der Waals surface area contributed by atoms with Gasteiger partial charge in [-0.1, -0.05) is 23.7 Å². The number of pyridine rings is 1. The molecule has 3 amide bonds. The van der Waals surface area contributed by atoms with Crippen LogP contribution in [0.15, 0.2) is 54.2 Å². The lowest BCUT2D eigenvalue weighted by atomic mass is 10.2. The molecule has 3 aromatic rings. The Kier molecular flexibility index (Phi) is 8.17. The fourth-order valence-electron chi connectivity index (χ4n) is 2.62. The second-order valence-electron chi connectivity index (χ2n) is 6.48. The van der Waals surface area contributed by atoms with Crippen LogP contribution in [0.4, 0.5) is 4.79 Å². The zero-order chi connectivity index (χ0) is 21.2. The summed E-state index contributed by atoms with van der Waals surface area (Å²) >= 11 is 7.43. The third-order valence-electron chi connectivity index (χ3n) is 4.19. The lowest BCUT2D eigenvalue weighted by Crippen LogP contribution is -2.42. The number of rotatable bonds is 9. The van der Waals surface area contributed by atoms with Gasteiger partial charge in [0.05, 0.1) is 17.2 Å². The Morgan fingerprint density at radius 1 is 1.00 bits per heavy atom. The van der Waals surface area contributed by atoms with Crippen molar-refractivity contribution in [3.05, 3.63) is 69.8 Å². The standard InChI is InChI=1S/C21H22ClN5O2S/c22-17-5-3-15(4-6-17)12-25-21(29)26-13-19(28)24-9-1-2-20-27-18(14-30-20)16-7-10-23-11-8-16/h3-8,10-11,14H,1-2,9,12-13H2,(H,24,28)(H2,25,26,29). The van der Waals surface area contributed by atoms with Crippen molar-refractivity contribution >= 4 is 34.9 Å². The monoisotopic (exact) mass is 443 g/mol. The van der Waals surface area contributed by atoms with Crippen molar-refractivity contribution in [1.82, 2.24) is 25.9 Å². The van der Waals surface area contributed by atoms with Crippen LogP contribution in [-0.2, 0) is 17.8 Å². The van der Waals surface area contributed by atoms with Crippen LogP contribution in [0.2, 0.25) is 5.02 Å². The molecule has 0 aliphatic rings. The SMILES string of the molecule is O=C(CNC(=O)NCc1ccc(Cl)cc1)NCCCc1nc(-c2ccncc2)cs1. The lowest BCUT2D eigenvalue weighted by Gasteiger charge is -2.08. The number of thiazole rings is 1. The van der Waals surface area contributed by atoms with Crippen molar-refractivity contribution in [3.8, 4) is 11.3 Å². The molecule has 0 spiro atoms. The van der Waals surface area contributed by atoms with Crippen molar-refractivity contribution in [2.45, 2.75) is 19.4 Å². The minimum atomic E-state index is -0.397. The van der Waals surface area contributed by atoms with Crippen LogP contribution in [0, 0.1) is 0 Å². The number of carbonyl (C=O) groups is 2. The van der Waals surface area contributed by atoms with E-state index in [0.29, 0.717) is 18.1 Å². The predicted molar refractivity (Wildman–Crippen MR) is 118 cm³/mol. The molecule has 0 unspecified atom stereocenters. The number of amides is 3. The molecule has 1 aromatic carbocycles. The van der Waals surface area contributed by atoms with Gasteiger partial charge in [-0.15, -0.1) is 11.3 Å². The Bertz CT molecular complexity index is 963. The number of hydrogen-bond donors (Lipinski definition) is 3. The Balaban J connectivity index is 1.28. The second-order valence-corrected chi connectivity index (χ2v) is 7.86. The topological polar surface area (TPSA) is 96.0 Å². The van der Waals surface area contributed by atoms with Crippen LogP contribution in [0.1, 0.15) is 17.0 Å². The first kappa shape index (κ1) is 21.7. The Labute approximate surface area is 183 Å². The van der Waals surface area contributed by atoms with Gasteiger partial charge in [-0.3, -0.25) is 9.78 Å². The van der Waals surface area contributed by atoms with Gasteiger partial charge in [-0.2, -0.15) is 0 Å². The summed E-state index contributed by atoms with van der Waals surface area (Å²) < 4.78 is 0. The fraction of sp³-hybridized carbons (Fsp3) is 0.238. The summed E-state index contributed by atoms with van der Waals surface area (Å²) in [6.07, 6.45) is 5.05. The molecular formula is C21H22ClN5O2S. The normalized spacial score (nSPS) is 10.4. The molecule has 0 radical (unpaired) electrons. The van der Waals surface area contributed by atoms with E-state index in [1.54, 1.807) is 35.9 Å². The van der Waals surface area contributed by atoms with Crippen LogP contribution in [0.3, 0.4) is 0 Å². The number of nitrogens with zero attached hydrogens (tertiary/aromatic N) is 2. The largest absolute Gasteiger partial charge is 0.355 e. The average Bonchev–Trinajstić information content (AvgIpc) is 3.24. The van der Waals surface area contributed by atoms with Crippen molar-refractivity contribution in [1.29, 1.82) is 0 Å². The van der Waals surface area contributed by atoms with E-state index in [4.69, 9.17) is 11.6 Å². The number of aryl methyl sites for hydroxylation is 1. The van der Waals surface area contributed by atoms with Crippen LogP contribution < -0.4 is 16.0 Å². The van der Waals surface area contributed by atoms with Gasteiger partial charge in [0.1, 0.15) is 0 Å². The summed E-state index contributed by atoms with van der Waals surface area (Å²) in [6.45, 7) is 0.812. The third-order valence-corrected chi connectivity index (χ3v) is 5.35. The zero-order valence-corrected chi connectivity index (χ0v) is 17.8. The molecule has 3 N–H and O–H groups in total. The van der Waals surface area contributed by atoms with Crippen molar-refractivity contribution in [2.24, 2.45) is 0 Å². The number of carbonyl (C=O) groups excluding carboxylic acids is 2. The predicted octanol–water partition coefficient (Wildman–Crippen LogP) is 3.41. The van der Waals surface area contributed by atoms with Crippen molar-refractivity contribution in [2.75, 3.05) is 13.1 Å². The van der Waals surface area contributed by atoms with Gasteiger partial charge in [0.25, 0.3) is 0 Å². The second kappa shape index (κ2) is 11.3. The molecule has 156 valence electrons. The molecule has 0 bridgehead atoms. The minimum Gasteiger partial charge on any atom is -0.355 e. The molecule has 2 heterocycles. The maximum Gasteiger partial charge on any atom is 0.315 e. The Morgan fingerprint density at radius 3 is 2.53 bits per heavy atom. The first-order valence-corrected chi connectivity index (χ1v) is 10.7. The van der Waals surface area contributed by atoms with E-state index in [9.17, 15) is 9.59 Å². The molecule has 0 saturated carbocycles. The molecule has 7 nitrogen and oxygen atoms in total. The molecule has 9 heteroatoms. The lowest BCUT2D eigenvalue weighted by molar-refractivity contribution is -0.120. The zero-order valence-electron chi connectivity index (χ0n) is 16.2. The summed E-state index contributed by atoms with van der Waals surface area (Å²) in [5.41, 5.74) is 2.91. The summed E-state index contributed by atoms with van der Waals surface area (Å²) in [5, 5.41) is 11.7.